The summed E-state index contributed by atoms with van der Waals surface area (Å²) >= 11 is 0. The lowest BCUT2D eigenvalue weighted by Crippen LogP contribution is -2.51. The largest absolute Gasteiger partial charge is 0.462 e. The van der Waals surface area contributed by atoms with Gasteiger partial charge in [0.2, 0.25) is 0 Å². The topological polar surface area (TPSA) is 63.8 Å². The van der Waals surface area contributed by atoms with Gasteiger partial charge in [-0.15, -0.1) is 0 Å². The molecular weight excluding hydrogens is 328 g/mol. The molecule has 2 saturated heterocycles. The summed E-state index contributed by atoms with van der Waals surface area (Å²) in [6.07, 6.45) is 9.49. The third kappa shape index (κ3) is 2.67. The SMILES string of the molecule is CC12CCCC3(CO3)C1CC1C(C2)OC(=O)C1CNCc1ccncc1. The molecule has 5 heteroatoms. The van der Waals surface area contributed by atoms with E-state index in [0.717, 1.165) is 26.0 Å². The number of pyridine rings is 1. The minimum atomic E-state index is -0.0240. The van der Waals surface area contributed by atoms with Gasteiger partial charge in [0.15, 0.2) is 0 Å². The fourth-order valence-electron chi connectivity index (χ4n) is 6.06. The molecule has 2 saturated carbocycles. The molecule has 1 aromatic heterocycles. The highest BCUT2D eigenvalue weighted by atomic mass is 16.6. The van der Waals surface area contributed by atoms with Crippen molar-refractivity contribution in [2.24, 2.45) is 23.2 Å². The van der Waals surface area contributed by atoms with Crippen molar-refractivity contribution in [3.05, 3.63) is 30.1 Å². The molecule has 4 aliphatic rings. The average molecular weight is 356 g/mol. The van der Waals surface area contributed by atoms with E-state index >= 15 is 0 Å². The molecule has 0 aromatic carbocycles. The molecule has 5 rings (SSSR count). The summed E-state index contributed by atoms with van der Waals surface area (Å²) in [6.45, 7) is 4.78. The van der Waals surface area contributed by atoms with Gasteiger partial charge in [-0.25, -0.2) is 0 Å². The van der Waals surface area contributed by atoms with Crippen LogP contribution in [0.4, 0.5) is 0 Å². The van der Waals surface area contributed by atoms with Crippen molar-refractivity contribution in [1.29, 1.82) is 0 Å². The summed E-state index contributed by atoms with van der Waals surface area (Å²) in [7, 11) is 0. The summed E-state index contributed by atoms with van der Waals surface area (Å²) in [5.74, 6) is 0.895. The molecule has 2 aliphatic heterocycles. The first-order valence-electron chi connectivity index (χ1n) is 10.0. The van der Waals surface area contributed by atoms with Crippen LogP contribution in [0.5, 0.6) is 0 Å². The first-order chi connectivity index (χ1) is 12.6. The Morgan fingerprint density at radius 2 is 2.12 bits per heavy atom. The van der Waals surface area contributed by atoms with E-state index in [0.29, 0.717) is 18.4 Å². The van der Waals surface area contributed by atoms with Gasteiger partial charge in [-0.05, 0) is 61.1 Å². The quantitative estimate of drug-likeness (QED) is 0.664. The molecule has 1 N–H and O–H groups in total. The van der Waals surface area contributed by atoms with Crippen LogP contribution in [-0.4, -0.2) is 35.8 Å². The fourth-order valence-corrected chi connectivity index (χ4v) is 6.06. The van der Waals surface area contributed by atoms with Crippen molar-refractivity contribution < 1.29 is 14.3 Å². The van der Waals surface area contributed by atoms with Gasteiger partial charge in [-0.2, -0.15) is 0 Å². The van der Waals surface area contributed by atoms with Crippen LogP contribution >= 0.6 is 0 Å². The van der Waals surface area contributed by atoms with Gasteiger partial charge in [0.25, 0.3) is 0 Å². The molecule has 0 amide bonds. The Morgan fingerprint density at radius 1 is 1.31 bits per heavy atom. The van der Waals surface area contributed by atoms with Crippen molar-refractivity contribution >= 4 is 5.97 Å². The lowest BCUT2D eigenvalue weighted by molar-refractivity contribution is -0.147. The number of rotatable bonds is 4. The molecule has 0 bridgehead atoms. The molecule has 5 nitrogen and oxygen atoms in total. The smallest absolute Gasteiger partial charge is 0.310 e. The predicted octanol–water partition coefficient (Wildman–Crippen LogP) is 2.70. The molecule has 1 aromatic rings. The van der Waals surface area contributed by atoms with Crippen molar-refractivity contribution in [2.75, 3.05) is 13.2 Å². The van der Waals surface area contributed by atoms with Crippen molar-refractivity contribution in [2.45, 2.75) is 57.3 Å². The van der Waals surface area contributed by atoms with Crippen LogP contribution in [0.2, 0.25) is 0 Å². The highest BCUT2D eigenvalue weighted by Crippen LogP contribution is 2.62. The number of carbonyl (C=O) groups excluding carboxylic acids is 1. The number of esters is 1. The zero-order valence-electron chi connectivity index (χ0n) is 15.4. The van der Waals surface area contributed by atoms with Gasteiger partial charge in [-0.3, -0.25) is 9.78 Å². The van der Waals surface area contributed by atoms with Gasteiger partial charge >= 0.3 is 5.97 Å². The second kappa shape index (κ2) is 6.03. The highest BCUT2D eigenvalue weighted by molar-refractivity contribution is 5.75. The Hall–Kier alpha value is -1.46. The third-order valence-corrected chi connectivity index (χ3v) is 7.52. The Morgan fingerprint density at radius 3 is 2.88 bits per heavy atom. The number of carbonyl (C=O) groups is 1. The number of fused-ring (bicyclic) bond motifs is 3. The Bertz CT molecular complexity index is 690. The van der Waals surface area contributed by atoms with Gasteiger partial charge in [0.1, 0.15) is 6.10 Å². The molecule has 3 heterocycles. The molecule has 6 unspecified atom stereocenters. The Labute approximate surface area is 154 Å². The van der Waals surface area contributed by atoms with E-state index in [1.54, 1.807) is 12.4 Å². The minimum absolute atomic E-state index is 0.00441. The van der Waals surface area contributed by atoms with Gasteiger partial charge in [0, 0.05) is 31.4 Å². The first-order valence-corrected chi connectivity index (χ1v) is 10.0. The molecule has 6 atom stereocenters. The maximum atomic E-state index is 12.6. The summed E-state index contributed by atoms with van der Waals surface area (Å²) in [5.41, 5.74) is 1.59. The number of nitrogens with one attached hydrogen (secondary N) is 1. The number of aromatic nitrogens is 1. The van der Waals surface area contributed by atoms with E-state index in [1.807, 2.05) is 12.1 Å². The van der Waals surface area contributed by atoms with Gasteiger partial charge in [0.05, 0.1) is 18.1 Å². The van der Waals surface area contributed by atoms with Crippen molar-refractivity contribution in [3.8, 4) is 0 Å². The predicted molar refractivity (Wildman–Crippen MR) is 96.2 cm³/mol. The zero-order chi connectivity index (χ0) is 17.8. The normalized spacial score (nSPS) is 43.7. The number of hydrogen-bond acceptors (Lipinski definition) is 5. The van der Waals surface area contributed by atoms with Gasteiger partial charge in [-0.1, -0.05) is 6.92 Å². The second-order valence-corrected chi connectivity index (χ2v) is 9.09. The van der Waals surface area contributed by atoms with Crippen molar-refractivity contribution in [3.63, 3.8) is 0 Å². The lowest BCUT2D eigenvalue weighted by atomic mass is 9.53. The molecule has 140 valence electrons. The monoisotopic (exact) mass is 356 g/mol. The third-order valence-electron chi connectivity index (χ3n) is 7.52. The van der Waals surface area contributed by atoms with Crippen molar-refractivity contribution in [1.82, 2.24) is 10.3 Å². The Balaban J connectivity index is 1.28. The highest BCUT2D eigenvalue weighted by Gasteiger charge is 2.64. The molecular formula is C21H28N2O3. The summed E-state index contributed by atoms with van der Waals surface area (Å²) in [4.78, 5) is 16.6. The lowest BCUT2D eigenvalue weighted by Gasteiger charge is -2.51. The number of ether oxygens (including phenoxy) is 2. The average Bonchev–Trinajstić information content (AvgIpc) is 3.33. The van der Waals surface area contributed by atoms with Crippen LogP contribution in [0, 0.1) is 23.2 Å². The van der Waals surface area contributed by atoms with E-state index < -0.39 is 0 Å². The maximum absolute atomic E-state index is 12.6. The van der Waals surface area contributed by atoms with Crippen LogP contribution < -0.4 is 5.32 Å². The van der Waals surface area contributed by atoms with E-state index in [4.69, 9.17) is 9.47 Å². The fraction of sp³-hybridized carbons (Fsp3) is 0.714. The molecule has 2 aliphatic carbocycles. The number of epoxide rings is 1. The second-order valence-electron chi connectivity index (χ2n) is 9.09. The summed E-state index contributed by atoms with van der Waals surface area (Å²) in [5, 5.41) is 3.47. The van der Waals surface area contributed by atoms with Crippen LogP contribution in [0.25, 0.3) is 0 Å². The van der Waals surface area contributed by atoms with Gasteiger partial charge < -0.3 is 14.8 Å². The van der Waals surface area contributed by atoms with E-state index in [-0.39, 0.29) is 29.0 Å². The van der Waals surface area contributed by atoms with Crippen LogP contribution in [-0.2, 0) is 20.8 Å². The molecule has 26 heavy (non-hydrogen) atoms. The molecule has 0 radical (unpaired) electrons. The first kappa shape index (κ1) is 16.7. The zero-order valence-corrected chi connectivity index (χ0v) is 15.4. The van der Waals surface area contributed by atoms with Crippen LogP contribution in [0.3, 0.4) is 0 Å². The van der Waals surface area contributed by atoms with E-state index in [1.165, 1.54) is 24.8 Å². The van der Waals surface area contributed by atoms with E-state index in [2.05, 4.69) is 17.2 Å². The molecule has 1 spiro atoms. The number of hydrogen-bond donors (Lipinski definition) is 1. The van der Waals surface area contributed by atoms with Crippen LogP contribution in [0.15, 0.2) is 24.5 Å². The van der Waals surface area contributed by atoms with Crippen LogP contribution in [0.1, 0.15) is 44.6 Å². The number of nitrogens with zero attached hydrogens (tertiary/aromatic N) is 1. The molecule has 4 fully saturated rings. The summed E-state index contributed by atoms with van der Waals surface area (Å²) in [6, 6.07) is 4.01. The minimum Gasteiger partial charge on any atom is -0.462 e. The Kier molecular flexibility index (Phi) is 3.87. The van der Waals surface area contributed by atoms with E-state index in [9.17, 15) is 4.79 Å². The maximum Gasteiger partial charge on any atom is 0.310 e. The summed E-state index contributed by atoms with van der Waals surface area (Å²) < 4.78 is 11.8. The standard InChI is InChI=1S/C21H28N2O3/c1-20-5-2-6-21(13-25-21)18(20)9-15-16(19(24)26-17(15)10-20)12-23-11-14-3-7-22-8-4-14/h3-4,7-8,15-18,23H,2,5-6,9-13H2,1H3.